The second-order valence-corrected chi connectivity index (χ2v) is 18.8. The zero-order valence-electron chi connectivity index (χ0n) is 33.7. The van der Waals surface area contributed by atoms with E-state index >= 15 is 4.39 Å². The molecule has 0 radical (unpaired) electrons. The summed E-state index contributed by atoms with van der Waals surface area (Å²) in [5.74, 6) is -0.548. The first-order valence-corrected chi connectivity index (χ1v) is 22.5. The van der Waals surface area contributed by atoms with Gasteiger partial charge in [0.25, 0.3) is 5.91 Å². The van der Waals surface area contributed by atoms with Crippen molar-refractivity contribution in [2.45, 2.75) is 119 Å². The fourth-order valence-electron chi connectivity index (χ4n) is 12.7. The number of amides is 3. The van der Waals surface area contributed by atoms with E-state index in [0.717, 1.165) is 38.8 Å². The maximum Gasteiger partial charge on any atom is 0.259 e. The normalized spacial score (nSPS) is 41.9. The lowest BCUT2D eigenvalue weighted by molar-refractivity contribution is -0.220. The third kappa shape index (κ3) is 7.61. The van der Waals surface area contributed by atoms with Gasteiger partial charge < -0.3 is 39.4 Å². The molecule has 3 saturated carbocycles. The minimum Gasteiger partial charge on any atom is -0.379 e. The maximum atomic E-state index is 17.0. The van der Waals surface area contributed by atoms with Crippen LogP contribution in [0.15, 0.2) is 11.8 Å². The lowest BCUT2D eigenvalue weighted by atomic mass is 9.67. The number of nitrogens with zero attached hydrogens (tertiary/aromatic N) is 5. The van der Waals surface area contributed by atoms with E-state index in [1.165, 1.54) is 19.3 Å². The molecule has 0 spiro atoms. The number of carbonyl (C=O) groups is 4. The van der Waals surface area contributed by atoms with Gasteiger partial charge in [-0.2, -0.15) is 0 Å². The predicted molar refractivity (Wildman–Crippen MR) is 207 cm³/mol. The molecule has 320 valence electrons. The van der Waals surface area contributed by atoms with Crippen LogP contribution in [-0.2, 0) is 38.1 Å². The highest BCUT2D eigenvalue weighted by molar-refractivity contribution is 6.20. The first-order chi connectivity index (χ1) is 28.3. The van der Waals surface area contributed by atoms with E-state index in [0.29, 0.717) is 97.0 Å². The number of hydrogen-bond donors (Lipinski definition) is 2. The van der Waals surface area contributed by atoms with Crippen LogP contribution in [0.2, 0.25) is 0 Å². The number of halogens is 1. The Morgan fingerprint density at radius 2 is 1.38 bits per heavy atom. The van der Waals surface area contributed by atoms with Crippen molar-refractivity contribution in [2.75, 3.05) is 91.9 Å². The molecule has 6 saturated heterocycles. The highest BCUT2D eigenvalue weighted by Gasteiger charge is 2.62. The minimum absolute atomic E-state index is 0.0179. The first-order valence-electron chi connectivity index (χ1n) is 22.5. The van der Waals surface area contributed by atoms with E-state index in [1.54, 1.807) is 4.90 Å². The Morgan fingerprint density at radius 1 is 0.707 bits per heavy atom. The SMILES string of the molecule is O=C(CN1CCOCC1)N[C@@H]1CCN(C(=O)C2=CN3C4CC5OC6CCCCC6C5CC4OC4C(N5CC[C@@H](NC(=O)CN6CCOCC6)C5)C(F)CC(C2=O)C43)C1. The molecule has 0 bridgehead atoms. The monoisotopic (exact) mass is 811 g/mol. The van der Waals surface area contributed by atoms with Gasteiger partial charge in [-0.3, -0.25) is 33.9 Å². The number of ether oxygens (including phenoxy) is 4. The summed E-state index contributed by atoms with van der Waals surface area (Å²) in [5, 5.41) is 6.33. The first kappa shape index (κ1) is 39.4. The van der Waals surface area contributed by atoms with Crippen LogP contribution in [0.4, 0.5) is 4.39 Å². The summed E-state index contributed by atoms with van der Waals surface area (Å²) in [5.41, 5.74) is 0.124. The maximum absolute atomic E-state index is 17.0. The number of carbonyl (C=O) groups excluding carboxylic acids is 4. The van der Waals surface area contributed by atoms with Crippen LogP contribution >= 0.6 is 0 Å². The summed E-state index contributed by atoms with van der Waals surface area (Å²) in [7, 11) is 0. The summed E-state index contributed by atoms with van der Waals surface area (Å²) in [6, 6.07) is -1.34. The number of nitrogens with one attached hydrogen (secondary N) is 2. The number of alkyl halides is 1. The predicted octanol–water partition coefficient (Wildman–Crippen LogP) is -0.0742. The molecule has 0 aromatic rings. The molecule has 10 aliphatic rings. The summed E-state index contributed by atoms with van der Waals surface area (Å²) in [6.45, 7) is 7.93. The minimum atomic E-state index is -1.34. The molecule has 0 aromatic carbocycles. The van der Waals surface area contributed by atoms with Gasteiger partial charge in [0, 0.05) is 76.6 Å². The van der Waals surface area contributed by atoms with Crippen LogP contribution in [-0.4, -0.2) is 201 Å². The number of likely N-dealkylation sites (tertiary alicyclic amines) is 2. The molecule has 2 N–H and O–H groups in total. The second-order valence-electron chi connectivity index (χ2n) is 18.8. The molecule has 3 amide bonds. The van der Waals surface area contributed by atoms with E-state index in [9.17, 15) is 19.2 Å². The molecule has 16 heteroatoms. The van der Waals surface area contributed by atoms with E-state index in [2.05, 4.69) is 30.2 Å². The standard InChI is InChI=1S/C42H62FN7O8/c43-31-17-29-38-41(39(31)48-7-5-25(20-48)44-36(51)23-46-9-13-55-14-10-46)58-35-18-28-27-3-1-2-4-33(27)57-34(28)19-32(35)50(38)22-30(40(29)53)42(54)49-8-6-26(21-49)45-37(52)24-47-11-15-56-16-12-47/h22,25-29,31-35,38-39,41H,1-21,23-24H2,(H,44,51)(H,45,52)/t25-,26-,27?,28?,29?,31?,32?,33?,34?,35?,38?,39?,41?/m1/s1. The summed E-state index contributed by atoms with van der Waals surface area (Å²) >= 11 is 0. The molecular weight excluding hydrogens is 750 g/mol. The molecule has 7 heterocycles. The van der Waals surface area contributed by atoms with Crippen LogP contribution < -0.4 is 10.6 Å². The molecule has 3 aliphatic carbocycles. The van der Waals surface area contributed by atoms with Gasteiger partial charge in [0.05, 0.1) is 87.6 Å². The highest BCUT2D eigenvalue weighted by atomic mass is 19.1. The van der Waals surface area contributed by atoms with Crippen LogP contribution in [0.5, 0.6) is 0 Å². The summed E-state index contributed by atoms with van der Waals surface area (Å²) in [4.78, 5) is 65.2. The lowest BCUT2D eigenvalue weighted by Crippen LogP contribution is -2.73. The van der Waals surface area contributed by atoms with Gasteiger partial charge in [-0.1, -0.05) is 12.8 Å². The number of Topliss-reactive ketones (excluding diaryl/α,β-unsaturated/α-hetero) is 1. The topological polar surface area (TPSA) is 145 Å². The van der Waals surface area contributed by atoms with Crippen molar-refractivity contribution in [1.82, 2.24) is 35.1 Å². The number of fused-ring (bicyclic) bond motifs is 5. The zero-order valence-corrected chi connectivity index (χ0v) is 33.7. The van der Waals surface area contributed by atoms with Crippen LogP contribution in [0, 0.1) is 17.8 Å². The Morgan fingerprint density at radius 3 is 2.10 bits per heavy atom. The van der Waals surface area contributed by atoms with Gasteiger partial charge in [-0.15, -0.1) is 0 Å². The third-order valence-corrected chi connectivity index (χ3v) is 15.4. The van der Waals surface area contributed by atoms with Crippen LogP contribution in [0.3, 0.4) is 0 Å². The molecule has 0 aromatic heterocycles. The molecule has 15 nitrogen and oxygen atoms in total. The molecule has 11 unspecified atom stereocenters. The number of morpholine rings is 3. The summed E-state index contributed by atoms with van der Waals surface area (Å²) < 4.78 is 41.8. The van der Waals surface area contributed by atoms with Gasteiger partial charge in [0.1, 0.15) is 6.17 Å². The van der Waals surface area contributed by atoms with Crippen molar-refractivity contribution in [3.63, 3.8) is 0 Å². The Kier molecular flexibility index (Phi) is 11.3. The van der Waals surface area contributed by atoms with Crippen molar-refractivity contribution >= 4 is 23.5 Å². The Bertz CT molecular complexity index is 1610. The largest absolute Gasteiger partial charge is 0.379 e. The Balaban J connectivity index is 0.872. The molecule has 10 rings (SSSR count). The van der Waals surface area contributed by atoms with E-state index in [4.69, 9.17) is 18.9 Å². The van der Waals surface area contributed by atoms with Crippen molar-refractivity contribution < 1.29 is 42.5 Å². The molecule has 58 heavy (non-hydrogen) atoms. The zero-order chi connectivity index (χ0) is 39.5. The number of ketones is 1. The number of hydrogen-bond acceptors (Lipinski definition) is 12. The molecular formula is C42H62FN7O8. The Labute approximate surface area is 340 Å². The van der Waals surface area contributed by atoms with Crippen molar-refractivity contribution in [3.05, 3.63) is 11.8 Å². The average Bonchev–Trinajstić information content (AvgIpc) is 3.97. The Hall–Kier alpha value is -2.73. The van der Waals surface area contributed by atoms with E-state index in [-0.39, 0.29) is 71.9 Å². The molecule has 13 atom stereocenters. The lowest BCUT2D eigenvalue weighted by Gasteiger charge is -2.61. The van der Waals surface area contributed by atoms with Gasteiger partial charge in [0.2, 0.25) is 11.8 Å². The van der Waals surface area contributed by atoms with Gasteiger partial charge in [-0.05, 0) is 56.8 Å². The van der Waals surface area contributed by atoms with Crippen molar-refractivity contribution in [1.29, 1.82) is 0 Å². The molecule has 9 fully saturated rings. The van der Waals surface area contributed by atoms with Gasteiger partial charge in [0.15, 0.2) is 5.78 Å². The van der Waals surface area contributed by atoms with E-state index < -0.39 is 30.3 Å². The fourth-order valence-corrected chi connectivity index (χ4v) is 12.7. The smallest absolute Gasteiger partial charge is 0.259 e. The van der Waals surface area contributed by atoms with Crippen molar-refractivity contribution in [3.8, 4) is 0 Å². The van der Waals surface area contributed by atoms with E-state index in [1.807, 2.05) is 6.20 Å². The second kappa shape index (κ2) is 16.6. The summed E-state index contributed by atoms with van der Waals surface area (Å²) in [6.07, 6.45) is 7.73. The van der Waals surface area contributed by atoms with Gasteiger partial charge in [-0.25, -0.2) is 4.39 Å². The highest BCUT2D eigenvalue weighted by Crippen LogP contribution is 2.53. The number of rotatable bonds is 8. The van der Waals surface area contributed by atoms with Crippen molar-refractivity contribution in [2.24, 2.45) is 17.8 Å². The van der Waals surface area contributed by atoms with Crippen LogP contribution in [0.1, 0.15) is 57.8 Å². The molecule has 7 aliphatic heterocycles. The fraction of sp³-hybridized carbons (Fsp3) is 0.857. The quantitative estimate of drug-likeness (QED) is 0.317. The average molecular weight is 812 g/mol. The third-order valence-electron chi connectivity index (χ3n) is 15.4. The van der Waals surface area contributed by atoms with Gasteiger partial charge >= 0.3 is 0 Å². The van der Waals surface area contributed by atoms with Crippen LogP contribution in [0.25, 0.3) is 0 Å².